The van der Waals surface area contributed by atoms with E-state index in [1.807, 2.05) is 0 Å². The van der Waals surface area contributed by atoms with Gasteiger partial charge in [0.2, 0.25) is 5.91 Å². The fourth-order valence-electron chi connectivity index (χ4n) is 1.81. The molecule has 0 aliphatic heterocycles. The van der Waals surface area contributed by atoms with Crippen LogP contribution in [0, 0.1) is 0 Å². The maximum Gasteiger partial charge on any atom is 0.337 e. The summed E-state index contributed by atoms with van der Waals surface area (Å²) in [5.74, 6) is -0.669. The van der Waals surface area contributed by atoms with Gasteiger partial charge in [0.15, 0.2) is 0 Å². The van der Waals surface area contributed by atoms with Crippen molar-refractivity contribution < 1.29 is 14.3 Å². The van der Waals surface area contributed by atoms with Crippen molar-refractivity contribution in [3.05, 3.63) is 58.1 Å². The molecule has 23 heavy (non-hydrogen) atoms. The molecule has 0 radical (unpaired) electrons. The van der Waals surface area contributed by atoms with Crippen molar-refractivity contribution in [3.63, 3.8) is 0 Å². The largest absolute Gasteiger partial charge is 0.465 e. The molecule has 120 valence electrons. The molecule has 0 aromatic heterocycles. The molecule has 2 N–H and O–H groups in total. The second kappa shape index (κ2) is 7.85. The van der Waals surface area contributed by atoms with E-state index in [-0.39, 0.29) is 12.5 Å². The lowest BCUT2D eigenvalue weighted by atomic mass is 10.2. The molecule has 1 amide bonds. The van der Waals surface area contributed by atoms with Crippen molar-refractivity contribution >= 4 is 46.5 Å². The van der Waals surface area contributed by atoms with Gasteiger partial charge in [-0.05, 0) is 42.5 Å². The lowest BCUT2D eigenvalue weighted by Crippen LogP contribution is -2.21. The highest BCUT2D eigenvalue weighted by atomic mass is 35.5. The molecule has 0 aliphatic carbocycles. The van der Waals surface area contributed by atoms with Gasteiger partial charge in [-0.1, -0.05) is 23.2 Å². The molecule has 0 saturated carbocycles. The van der Waals surface area contributed by atoms with Crippen molar-refractivity contribution in [3.8, 4) is 0 Å². The van der Waals surface area contributed by atoms with E-state index in [1.54, 1.807) is 42.5 Å². The van der Waals surface area contributed by atoms with Crippen LogP contribution in [0.1, 0.15) is 10.4 Å². The summed E-state index contributed by atoms with van der Waals surface area (Å²) in [5.41, 5.74) is 1.63. The monoisotopic (exact) mass is 352 g/mol. The SMILES string of the molecule is COC(=O)c1ccc(NCC(=O)Nc2ccc(Cl)cc2Cl)cc1. The Morgan fingerprint density at radius 2 is 1.78 bits per heavy atom. The van der Waals surface area contributed by atoms with E-state index >= 15 is 0 Å². The highest BCUT2D eigenvalue weighted by Crippen LogP contribution is 2.25. The highest BCUT2D eigenvalue weighted by Gasteiger charge is 2.07. The Kier molecular flexibility index (Phi) is 5.84. The lowest BCUT2D eigenvalue weighted by Gasteiger charge is -2.09. The number of rotatable bonds is 5. The number of amides is 1. The van der Waals surface area contributed by atoms with Crippen molar-refractivity contribution in [2.24, 2.45) is 0 Å². The molecule has 0 fully saturated rings. The predicted molar refractivity (Wildman–Crippen MR) is 91.4 cm³/mol. The van der Waals surface area contributed by atoms with Crippen LogP contribution in [0.15, 0.2) is 42.5 Å². The fraction of sp³-hybridized carbons (Fsp3) is 0.125. The van der Waals surface area contributed by atoms with E-state index in [1.165, 1.54) is 7.11 Å². The Hall–Kier alpha value is -2.24. The second-order valence-corrected chi connectivity index (χ2v) is 5.44. The van der Waals surface area contributed by atoms with Gasteiger partial charge in [0.05, 0.1) is 29.9 Å². The molecule has 0 atom stereocenters. The van der Waals surface area contributed by atoms with E-state index in [0.717, 1.165) is 0 Å². The summed E-state index contributed by atoms with van der Waals surface area (Å²) in [6.07, 6.45) is 0. The van der Waals surface area contributed by atoms with Gasteiger partial charge < -0.3 is 15.4 Å². The summed E-state index contributed by atoms with van der Waals surface area (Å²) < 4.78 is 4.61. The van der Waals surface area contributed by atoms with Gasteiger partial charge in [-0.3, -0.25) is 4.79 Å². The average molecular weight is 353 g/mol. The minimum atomic E-state index is -0.410. The first kappa shape index (κ1) is 17.1. The number of methoxy groups -OCH3 is 1. The first-order valence-corrected chi connectivity index (χ1v) is 7.42. The van der Waals surface area contributed by atoms with E-state index < -0.39 is 5.97 Å². The lowest BCUT2D eigenvalue weighted by molar-refractivity contribution is -0.114. The molecule has 0 bridgehead atoms. The van der Waals surface area contributed by atoms with Crippen molar-refractivity contribution in [2.75, 3.05) is 24.3 Å². The molecular formula is C16H14Cl2N2O3. The van der Waals surface area contributed by atoms with Gasteiger partial charge in [-0.2, -0.15) is 0 Å². The number of esters is 1. The molecule has 0 spiro atoms. The molecule has 0 heterocycles. The fourth-order valence-corrected chi connectivity index (χ4v) is 2.27. The minimum Gasteiger partial charge on any atom is -0.465 e. The smallest absolute Gasteiger partial charge is 0.337 e. The van der Waals surface area contributed by atoms with Crippen LogP contribution >= 0.6 is 23.2 Å². The van der Waals surface area contributed by atoms with Crippen molar-refractivity contribution in [2.45, 2.75) is 0 Å². The maximum absolute atomic E-state index is 11.9. The standard InChI is InChI=1S/C16H14Cl2N2O3/c1-23-16(22)10-2-5-12(6-3-10)19-9-15(21)20-14-7-4-11(17)8-13(14)18/h2-8,19H,9H2,1H3,(H,20,21). The second-order valence-electron chi connectivity index (χ2n) is 4.59. The van der Waals surface area contributed by atoms with E-state index in [4.69, 9.17) is 23.2 Å². The third-order valence-electron chi connectivity index (χ3n) is 2.96. The number of hydrogen-bond donors (Lipinski definition) is 2. The number of hydrogen-bond acceptors (Lipinski definition) is 4. The van der Waals surface area contributed by atoms with Crippen LogP contribution in [-0.4, -0.2) is 25.5 Å². The van der Waals surface area contributed by atoms with Gasteiger partial charge in [-0.25, -0.2) is 4.79 Å². The molecule has 0 unspecified atom stereocenters. The molecule has 7 heteroatoms. The van der Waals surface area contributed by atoms with E-state index in [0.29, 0.717) is 27.0 Å². The van der Waals surface area contributed by atoms with Gasteiger partial charge in [0.25, 0.3) is 0 Å². The number of benzene rings is 2. The number of halogens is 2. The minimum absolute atomic E-state index is 0.0521. The van der Waals surface area contributed by atoms with Gasteiger partial charge in [0, 0.05) is 10.7 Å². The quantitative estimate of drug-likeness (QED) is 0.802. The van der Waals surface area contributed by atoms with Crippen molar-refractivity contribution in [1.29, 1.82) is 0 Å². The summed E-state index contributed by atoms with van der Waals surface area (Å²) in [6.45, 7) is 0.0521. The summed E-state index contributed by atoms with van der Waals surface area (Å²) in [7, 11) is 1.32. The third-order valence-corrected chi connectivity index (χ3v) is 3.51. The number of carbonyl (C=O) groups is 2. The normalized spacial score (nSPS) is 10.0. The van der Waals surface area contributed by atoms with Crippen LogP contribution in [0.5, 0.6) is 0 Å². The first-order valence-electron chi connectivity index (χ1n) is 6.67. The average Bonchev–Trinajstić information content (AvgIpc) is 2.55. The zero-order chi connectivity index (χ0) is 16.8. The van der Waals surface area contributed by atoms with Crippen LogP contribution in [0.25, 0.3) is 0 Å². The van der Waals surface area contributed by atoms with Crippen LogP contribution < -0.4 is 10.6 Å². The van der Waals surface area contributed by atoms with Gasteiger partial charge in [0.1, 0.15) is 0 Å². The van der Waals surface area contributed by atoms with E-state index in [9.17, 15) is 9.59 Å². The van der Waals surface area contributed by atoms with Crippen LogP contribution in [-0.2, 0) is 9.53 Å². The Labute approximate surface area is 143 Å². The summed E-state index contributed by atoms with van der Waals surface area (Å²) >= 11 is 11.8. The third kappa shape index (κ3) is 4.87. The Morgan fingerprint density at radius 1 is 1.09 bits per heavy atom. The molecule has 0 saturated heterocycles. The van der Waals surface area contributed by atoms with Crippen molar-refractivity contribution in [1.82, 2.24) is 0 Å². The van der Waals surface area contributed by atoms with Gasteiger partial charge in [-0.15, -0.1) is 0 Å². The van der Waals surface area contributed by atoms with Crippen LogP contribution in [0.2, 0.25) is 10.0 Å². The topological polar surface area (TPSA) is 67.4 Å². The molecular weight excluding hydrogens is 339 g/mol. The molecule has 2 aromatic carbocycles. The Balaban J connectivity index is 1.90. The maximum atomic E-state index is 11.9. The predicted octanol–water partition coefficient (Wildman–Crippen LogP) is 3.83. The summed E-state index contributed by atoms with van der Waals surface area (Å²) in [5, 5.41) is 6.49. The molecule has 2 rings (SSSR count). The van der Waals surface area contributed by atoms with Gasteiger partial charge >= 0.3 is 5.97 Å². The number of carbonyl (C=O) groups excluding carboxylic acids is 2. The Bertz CT molecular complexity index is 718. The molecule has 5 nitrogen and oxygen atoms in total. The molecule has 0 aliphatic rings. The first-order chi connectivity index (χ1) is 11.0. The zero-order valence-corrected chi connectivity index (χ0v) is 13.7. The highest BCUT2D eigenvalue weighted by molar-refractivity contribution is 6.36. The number of nitrogens with one attached hydrogen (secondary N) is 2. The van der Waals surface area contributed by atoms with Crippen LogP contribution in [0.3, 0.4) is 0 Å². The zero-order valence-electron chi connectivity index (χ0n) is 12.2. The number of ether oxygens (including phenoxy) is 1. The molecule has 2 aromatic rings. The Morgan fingerprint density at radius 3 is 2.39 bits per heavy atom. The van der Waals surface area contributed by atoms with Crippen LogP contribution in [0.4, 0.5) is 11.4 Å². The van der Waals surface area contributed by atoms with E-state index in [2.05, 4.69) is 15.4 Å². The summed E-state index contributed by atoms with van der Waals surface area (Å²) in [4.78, 5) is 23.2. The summed E-state index contributed by atoms with van der Waals surface area (Å²) in [6, 6.07) is 11.4. The number of anilines is 2.